The van der Waals surface area contributed by atoms with Gasteiger partial charge in [0.1, 0.15) is 11.6 Å². The number of fused-ring (bicyclic) bond motifs is 1. The van der Waals surface area contributed by atoms with E-state index >= 15 is 0 Å². The SMILES string of the molecule is O=C(Nc1cccc(-c2csc(-c3ccc(Cl)cc3)n2)c1)C1COc2ccccc2O1. The van der Waals surface area contributed by atoms with Crippen LogP contribution in [0.5, 0.6) is 11.5 Å². The Hall–Kier alpha value is -3.35. The van der Waals surface area contributed by atoms with Gasteiger partial charge >= 0.3 is 0 Å². The molecule has 1 aliphatic rings. The number of halogens is 1. The molecule has 1 N–H and O–H groups in total. The van der Waals surface area contributed by atoms with Gasteiger partial charge in [-0.1, -0.05) is 48.0 Å². The zero-order valence-electron chi connectivity index (χ0n) is 16.2. The molecule has 0 spiro atoms. The van der Waals surface area contributed by atoms with E-state index in [0.29, 0.717) is 22.2 Å². The largest absolute Gasteiger partial charge is 0.485 e. The number of aromatic nitrogens is 1. The molecule has 0 saturated carbocycles. The van der Waals surface area contributed by atoms with Gasteiger partial charge in [0.15, 0.2) is 11.5 Å². The number of hydrogen-bond donors (Lipinski definition) is 1. The van der Waals surface area contributed by atoms with E-state index < -0.39 is 6.10 Å². The van der Waals surface area contributed by atoms with Crippen molar-refractivity contribution in [2.75, 3.05) is 11.9 Å². The van der Waals surface area contributed by atoms with Crippen LogP contribution < -0.4 is 14.8 Å². The number of rotatable bonds is 4. The molecular formula is C24H17ClN2O3S. The van der Waals surface area contributed by atoms with Crippen LogP contribution in [0.2, 0.25) is 5.02 Å². The molecule has 1 aliphatic heterocycles. The average Bonchev–Trinajstić information content (AvgIpc) is 3.30. The first-order valence-corrected chi connectivity index (χ1v) is 10.9. The van der Waals surface area contributed by atoms with Gasteiger partial charge in [0, 0.05) is 27.2 Å². The topological polar surface area (TPSA) is 60.5 Å². The maximum absolute atomic E-state index is 12.7. The highest BCUT2D eigenvalue weighted by molar-refractivity contribution is 7.13. The minimum atomic E-state index is -0.714. The lowest BCUT2D eigenvalue weighted by Crippen LogP contribution is -2.40. The number of carbonyl (C=O) groups excluding carboxylic acids is 1. The number of ether oxygens (including phenoxy) is 2. The van der Waals surface area contributed by atoms with Crippen molar-refractivity contribution in [2.24, 2.45) is 0 Å². The zero-order chi connectivity index (χ0) is 21.2. The van der Waals surface area contributed by atoms with Crippen molar-refractivity contribution in [2.45, 2.75) is 6.10 Å². The van der Waals surface area contributed by atoms with Crippen LogP contribution in [0, 0.1) is 0 Å². The van der Waals surface area contributed by atoms with E-state index in [2.05, 4.69) is 5.32 Å². The Morgan fingerprint density at radius 1 is 1.00 bits per heavy atom. The molecule has 0 radical (unpaired) electrons. The number of hydrogen-bond acceptors (Lipinski definition) is 5. The molecule has 0 bridgehead atoms. The van der Waals surface area contributed by atoms with Crippen molar-refractivity contribution in [3.63, 3.8) is 0 Å². The minimum Gasteiger partial charge on any atom is -0.485 e. The Balaban J connectivity index is 1.31. The van der Waals surface area contributed by atoms with Crippen molar-refractivity contribution in [3.05, 3.63) is 83.2 Å². The summed E-state index contributed by atoms with van der Waals surface area (Å²) in [6.07, 6.45) is -0.714. The van der Waals surface area contributed by atoms with Gasteiger partial charge in [-0.05, 0) is 36.4 Å². The fraction of sp³-hybridized carbons (Fsp3) is 0.0833. The molecule has 4 aromatic rings. The Morgan fingerprint density at radius 2 is 1.81 bits per heavy atom. The number of nitrogens with one attached hydrogen (secondary N) is 1. The lowest BCUT2D eigenvalue weighted by atomic mass is 10.1. The van der Waals surface area contributed by atoms with Gasteiger partial charge in [-0.15, -0.1) is 11.3 Å². The summed E-state index contributed by atoms with van der Waals surface area (Å²) in [7, 11) is 0. The molecule has 3 aromatic carbocycles. The van der Waals surface area contributed by atoms with Crippen LogP contribution in [0.25, 0.3) is 21.8 Å². The highest BCUT2D eigenvalue weighted by Gasteiger charge is 2.27. The van der Waals surface area contributed by atoms with Crippen molar-refractivity contribution in [1.82, 2.24) is 4.98 Å². The van der Waals surface area contributed by atoms with Crippen LogP contribution in [0.1, 0.15) is 0 Å². The Kier molecular flexibility index (Phi) is 5.32. The molecule has 0 saturated heterocycles. The first kappa shape index (κ1) is 19.6. The monoisotopic (exact) mass is 448 g/mol. The predicted octanol–water partition coefficient (Wildman–Crippen LogP) is 5.91. The van der Waals surface area contributed by atoms with Crippen LogP contribution in [-0.4, -0.2) is 23.6 Å². The summed E-state index contributed by atoms with van der Waals surface area (Å²) >= 11 is 7.53. The highest BCUT2D eigenvalue weighted by Crippen LogP contribution is 2.32. The van der Waals surface area contributed by atoms with Crippen LogP contribution >= 0.6 is 22.9 Å². The number of carbonyl (C=O) groups is 1. The summed E-state index contributed by atoms with van der Waals surface area (Å²) in [4.78, 5) is 17.4. The summed E-state index contributed by atoms with van der Waals surface area (Å²) < 4.78 is 11.4. The number of para-hydroxylation sites is 2. The van der Waals surface area contributed by atoms with Gasteiger partial charge in [-0.2, -0.15) is 0 Å². The molecule has 1 aromatic heterocycles. The van der Waals surface area contributed by atoms with Gasteiger partial charge in [-0.25, -0.2) is 4.98 Å². The summed E-state index contributed by atoms with van der Waals surface area (Å²) in [6, 6.07) is 22.5. The molecule has 5 rings (SSSR count). The van der Waals surface area contributed by atoms with Crippen molar-refractivity contribution >= 4 is 34.5 Å². The lowest BCUT2D eigenvalue weighted by Gasteiger charge is -2.25. The number of nitrogens with zero attached hydrogens (tertiary/aromatic N) is 1. The fourth-order valence-corrected chi connectivity index (χ4v) is 4.22. The molecule has 1 atom stereocenters. The number of amides is 1. The van der Waals surface area contributed by atoms with E-state index in [-0.39, 0.29) is 12.5 Å². The molecule has 1 unspecified atom stereocenters. The van der Waals surface area contributed by atoms with Gasteiger partial charge in [0.25, 0.3) is 5.91 Å². The average molecular weight is 449 g/mol. The summed E-state index contributed by atoms with van der Waals surface area (Å²) in [5.74, 6) is 0.959. The number of anilines is 1. The predicted molar refractivity (Wildman–Crippen MR) is 123 cm³/mol. The molecule has 5 nitrogen and oxygen atoms in total. The zero-order valence-corrected chi connectivity index (χ0v) is 17.8. The molecule has 7 heteroatoms. The second-order valence-electron chi connectivity index (χ2n) is 6.98. The van der Waals surface area contributed by atoms with E-state index in [1.54, 1.807) is 17.4 Å². The number of thiazole rings is 1. The summed E-state index contributed by atoms with van der Waals surface area (Å²) in [5.41, 5.74) is 3.45. The Bertz CT molecular complexity index is 1240. The van der Waals surface area contributed by atoms with E-state index in [1.807, 2.05) is 72.1 Å². The molecular weight excluding hydrogens is 432 g/mol. The van der Waals surface area contributed by atoms with Crippen molar-refractivity contribution < 1.29 is 14.3 Å². The maximum atomic E-state index is 12.7. The van der Waals surface area contributed by atoms with Crippen molar-refractivity contribution in [1.29, 1.82) is 0 Å². The fourth-order valence-electron chi connectivity index (χ4n) is 3.26. The molecule has 0 aliphatic carbocycles. The first-order valence-electron chi connectivity index (χ1n) is 9.67. The molecule has 0 fully saturated rings. The second kappa shape index (κ2) is 8.41. The van der Waals surface area contributed by atoms with Crippen LogP contribution in [-0.2, 0) is 4.79 Å². The van der Waals surface area contributed by atoms with E-state index in [0.717, 1.165) is 21.8 Å². The molecule has 1 amide bonds. The molecule has 31 heavy (non-hydrogen) atoms. The van der Waals surface area contributed by atoms with Gasteiger partial charge < -0.3 is 14.8 Å². The maximum Gasteiger partial charge on any atom is 0.269 e. The van der Waals surface area contributed by atoms with Crippen LogP contribution in [0.15, 0.2) is 78.2 Å². The van der Waals surface area contributed by atoms with Crippen LogP contribution in [0.3, 0.4) is 0 Å². The number of benzene rings is 3. The first-order chi connectivity index (χ1) is 15.2. The smallest absolute Gasteiger partial charge is 0.269 e. The third-order valence-electron chi connectivity index (χ3n) is 4.82. The standard InChI is InChI=1S/C24H17ClN2O3S/c25-17-10-8-15(9-11-17)24-27-19(14-31-24)16-4-3-5-18(12-16)26-23(28)22-13-29-20-6-1-2-7-21(20)30-22/h1-12,14,22H,13H2,(H,26,28). The van der Waals surface area contributed by atoms with Gasteiger partial charge in [-0.3, -0.25) is 4.79 Å². The summed E-state index contributed by atoms with van der Waals surface area (Å²) in [6.45, 7) is 0.166. The lowest BCUT2D eigenvalue weighted by molar-refractivity contribution is -0.125. The van der Waals surface area contributed by atoms with Gasteiger partial charge in [0.2, 0.25) is 6.10 Å². The Morgan fingerprint density at radius 3 is 2.65 bits per heavy atom. The van der Waals surface area contributed by atoms with Crippen LogP contribution in [0.4, 0.5) is 5.69 Å². The minimum absolute atomic E-state index is 0.166. The van der Waals surface area contributed by atoms with E-state index in [4.69, 9.17) is 26.1 Å². The Labute approximate surface area is 188 Å². The van der Waals surface area contributed by atoms with Crippen molar-refractivity contribution in [3.8, 4) is 33.3 Å². The summed E-state index contributed by atoms with van der Waals surface area (Å²) in [5, 5.41) is 6.52. The normalized spacial score (nSPS) is 14.8. The third kappa shape index (κ3) is 4.26. The van der Waals surface area contributed by atoms with Gasteiger partial charge in [0.05, 0.1) is 5.69 Å². The third-order valence-corrected chi connectivity index (χ3v) is 5.97. The van der Waals surface area contributed by atoms with E-state index in [1.165, 1.54) is 0 Å². The quantitative estimate of drug-likeness (QED) is 0.421. The second-order valence-corrected chi connectivity index (χ2v) is 8.27. The van der Waals surface area contributed by atoms with E-state index in [9.17, 15) is 4.79 Å². The highest BCUT2D eigenvalue weighted by atomic mass is 35.5. The molecule has 154 valence electrons. The molecule has 2 heterocycles.